The van der Waals surface area contributed by atoms with Crippen LogP contribution < -0.4 is 4.74 Å². The van der Waals surface area contributed by atoms with E-state index < -0.39 is 24.2 Å². The van der Waals surface area contributed by atoms with Gasteiger partial charge in [0.1, 0.15) is 23.3 Å². The van der Waals surface area contributed by atoms with Crippen molar-refractivity contribution in [1.29, 1.82) is 0 Å². The summed E-state index contributed by atoms with van der Waals surface area (Å²) in [5, 5.41) is 0. The van der Waals surface area contributed by atoms with Crippen molar-refractivity contribution in [3.63, 3.8) is 0 Å². The molecule has 0 N–H and O–H groups in total. The highest BCUT2D eigenvalue weighted by molar-refractivity contribution is 5.65. The first-order valence-electron chi connectivity index (χ1n) is 10.6. The maximum absolute atomic E-state index is 15.0. The zero-order chi connectivity index (χ0) is 24.0. The molecule has 0 saturated heterocycles. The zero-order valence-electron chi connectivity index (χ0n) is 18.3. The number of imidazole rings is 1. The average Bonchev–Trinajstić information content (AvgIpc) is 3.15. The normalized spacial score (nSPS) is 16.1. The van der Waals surface area contributed by atoms with Gasteiger partial charge >= 0.3 is 6.61 Å². The van der Waals surface area contributed by atoms with Crippen LogP contribution >= 0.6 is 0 Å². The summed E-state index contributed by atoms with van der Waals surface area (Å²) in [5.41, 5.74) is 0.816. The Morgan fingerprint density at radius 3 is 2.62 bits per heavy atom. The Bertz CT molecular complexity index is 1350. The fourth-order valence-corrected chi connectivity index (χ4v) is 4.07. The average molecular weight is 472 g/mol. The monoisotopic (exact) mass is 472 g/mol. The van der Waals surface area contributed by atoms with Gasteiger partial charge in [-0.3, -0.25) is 4.40 Å². The molecule has 1 aliphatic rings. The number of hydrogen-bond donors (Lipinski definition) is 0. The molecule has 1 aliphatic heterocycles. The standard InChI is InChI=1S/C24H20F4N4O2/c1-24(2,28)22-29-10-13(11-30-22)15-12-32-19(9-16(15)25)31-17-7-8-33-21(20(17)32)14-5-3-4-6-18(14)34-23(26)27/h3-6,9-12,21,23H,7-8H2,1-2H3/t21-/m1/s1. The molecule has 0 spiro atoms. The molecule has 1 atom stereocenters. The SMILES string of the molecule is CC(C)(F)c1ncc(-c2cn3c4c(nc3cc2F)CCO[C@@H]4c2ccccc2OC(F)F)cn1. The predicted octanol–water partition coefficient (Wildman–Crippen LogP) is 5.40. The maximum atomic E-state index is 15.0. The lowest BCUT2D eigenvalue weighted by molar-refractivity contribution is -0.0522. The van der Waals surface area contributed by atoms with E-state index in [4.69, 9.17) is 9.47 Å². The van der Waals surface area contributed by atoms with Gasteiger partial charge in [-0.2, -0.15) is 8.78 Å². The lowest BCUT2D eigenvalue weighted by Crippen LogP contribution is -2.20. The highest BCUT2D eigenvalue weighted by atomic mass is 19.3. The summed E-state index contributed by atoms with van der Waals surface area (Å²) in [6.45, 7) is -0.0113. The number of rotatable bonds is 5. The third kappa shape index (κ3) is 3.98. The molecule has 0 saturated carbocycles. The van der Waals surface area contributed by atoms with Crippen molar-refractivity contribution in [2.45, 2.75) is 38.7 Å². The van der Waals surface area contributed by atoms with E-state index in [9.17, 15) is 13.2 Å². The fourth-order valence-electron chi connectivity index (χ4n) is 4.07. The highest BCUT2D eigenvalue weighted by Crippen LogP contribution is 2.39. The molecule has 1 aromatic carbocycles. The van der Waals surface area contributed by atoms with E-state index >= 15 is 4.39 Å². The number of alkyl halides is 3. The molecule has 0 aliphatic carbocycles. The lowest BCUT2D eigenvalue weighted by Gasteiger charge is -2.25. The van der Waals surface area contributed by atoms with Gasteiger partial charge in [0.2, 0.25) is 0 Å². The van der Waals surface area contributed by atoms with Crippen LogP contribution in [0.4, 0.5) is 17.6 Å². The summed E-state index contributed by atoms with van der Waals surface area (Å²) in [6.07, 6.45) is 3.98. The van der Waals surface area contributed by atoms with Crippen LogP contribution in [0.15, 0.2) is 48.9 Å². The predicted molar refractivity (Wildman–Crippen MR) is 115 cm³/mol. The summed E-state index contributed by atoms with van der Waals surface area (Å²) in [7, 11) is 0. The Kier molecular flexibility index (Phi) is 5.47. The van der Waals surface area contributed by atoms with Gasteiger partial charge in [0.05, 0.1) is 18.0 Å². The molecule has 3 aromatic heterocycles. The smallest absolute Gasteiger partial charge is 0.387 e. The molecule has 0 unspecified atom stereocenters. The number of fused-ring (bicyclic) bond motifs is 3. The van der Waals surface area contributed by atoms with Gasteiger partial charge in [-0.25, -0.2) is 23.7 Å². The van der Waals surface area contributed by atoms with Crippen LogP contribution in [0.5, 0.6) is 5.75 Å². The largest absolute Gasteiger partial charge is 0.434 e. The van der Waals surface area contributed by atoms with E-state index in [1.54, 1.807) is 22.6 Å². The van der Waals surface area contributed by atoms with Crippen LogP contribution in [0, 0.1) is 5.82 Å². The summed E-state index contributed by atoms with van der Waals surface area (Å²) >= 11 is 0. The third-order valence-corrected chi connectivity index (χ3v) is 5.61. The van der Waals surface area contributed by atoms with Crippen LogP contribution in [0.25, 0.3) is 16.8 Å². The Morgan fingerprint density at radius 2 is 1.91 bits per heavy atom. The Labute approximate surface area is 192 Å². The number of benzene rings is 1. The molecular formula is C24H20F4N4O2. The molecule has 0 fully saturated rings. The van der Waals surface area contributed by atoms with Crippen LogP contribution in [0.3, 0.4) is 0 Å². The summed E-state index contributed by atoms with van der Waals surface area (Å²) in [5.74, 6) is -0.572. The highest BCUT2D eigenvalue weighted by Gasteiger charge is 2.31. The molecule has 0 bridgehead atoms. The fraction of sp³-hybridized carbons (Fsp3) is 0.292. The van der Waals surface area contributed by atoms with Gasteiger partial charge in [-0.1, -0.05) is 18.2 Å². The minimum absolute atomic E-state index is 0.00883. The molecule has 4 aromatic rings. The van der Waals surface area contributed by atoms with E-state index in [0.29, 0.717) is 41.2 Å². The number of ether oxygens (including phenoxy) is 2. The van der Waals surface area contributed by atoms with Crippen molar-refractivity contribution in [3.05, 3.63) is 77.5 Å². The topological polar surface area (TPSA) is 61.5 Å². The Balaban J connectivity index is 1.64. The summed E-state index contributed by atoms with van der Waals surface area (Å²) in [6, 6.07) is 7.66. The number of halogens is 4. The first kappa shape index (κ1) is 22.3. The number of nitrogens with zero attached hydrogens (tertiary/aromatic N) is 4. The quantitative estimate of drug-likeness (QED) is 0.364. The molecule has 5 rings (SSSR count). The van der Waals surface area contributed by atoms with Crippen LogP contribution in [-0.4, -0.2) is 32.6 Å². The number of hydrogen-bond acceptors (Lipinski definition) is 5. The lowest BCUT2D eigenvalue weighted by atomic mass is 10.0. The number of aromatic nitrogens is 4. The summed E-state index contributed by atoms with van der Waals surface area (Å²) in [4.78, 5) is 12.6. The first-order chi connectivity index (χ1) is 16.2. The second kappa shape index (κ2) is 8.35. The minimum Gasteiger partial charge on any atom is -0.434 e. The third-order valence-electron chi connectivity index (χ3n) is 5.61. The molecule has 0 amide bonds. The van der Waals surface area contributed by atoms with Crippen LogP contribution in [0.2, 0.25) is 0 Å². The van der Waals surface area contributed by atoms with Crippen LogP contribution in [-0.2, 0) is 16.8 Å². The second-order valence-corrected chi connectivity index (χ2v) is 8.39. The summed E-state index contributed by atoms with van der Waals surface area (Å²) < 4.78 is 67.4. The van der Waals surface area contributed by atoms with Crippen molar-refractivity contribution in [2.75, 3.05) is 6.61 Å². The number of para-hydroxylation sites is 1. The Morgan fingerprint density at radius 1 is 1.18 bits per heavy atom. The molecular weight excluding hydrogens is 452 g/mol. The second-order valence-electron chi connectivity index (χ2n) is 8.39. The molecule has 10 heteroatoms. The molecule has 6 nitrogen and oxygen atoms in total. The van der Waals surface area contributed by atoms with Gasteiger partial charge in [0.15, 0.2) is 11.5 Å². The van der Waals surface area contributed by atoms with Crippen LogP contribution in [0.1, 0.15) is 42.7 Å². The van der Waals surface area contributed by atoms with E-state index in [2.05, 4.69) is 15.0 Å². The Hall–Kier alpha value is -3.53. The first-order valence-corrected chi connectivity index (χ1v) is 10.6. The minimum atomic E-state index is -3.00. The number of pyridine rings is 1. The maximum Gasteiger partial charge on any atom is 0.387 e. The van der Waals surface area contributed by atoms with Gasteiger partial charge in [-0.05, 0) is 19.9 Å². The van der Waals surface area contributed by atoms with Gasteiger partial charge < -0.3 is 9.47 Å². The molecule has 176 valence electrons. The van der Waals surface area contributed by atoms with Crippen molar-refractivity contribution >= 4 is 5.65 Å². The van der Waals surface area contributed by atoms with Crippen molar-refractivity contribution < 1.29 is 27.0 Å². The van der Waals surface area contributed by atoms with Crippen molar-refractivity contribution in [2.24, 2.45) is 0 Å². The van der Waals surface area contributed by atoms with Gasteiger partial charge in [-0.15, -0.1) is 0 Å². The molecule has 34 heavy (non-hydrogen) atoms. The van der Waals surface area contributed by atoms with Crippen molar-refractivity contribution in [1.82, 2.24) is 19.4 Å². The van der Waals surface area contributed by atoms with E-state index in [-0.39, 0.29) is 17.1 Å². The zero-order valence-corrected chi connectivity index (χ0v) is 18.3. The van der Waals surface area contributed by atoms with Crippen molar-refractivity contribution in [3.8, 4) is 16.9 Å². The van der Waals surface area contributed by atoms with E-state index in [1.165, 1.54) is 44.6 Å². The van der Waals surface area contributed by atoms with E-state index in [1.807, 2.05) is 0 Å². The van der Waals surface area contributed by atoms with Gasteiger partial charge in [0.25, 0.3) is 0 Å². The van der Waals surface area contributed by atoms with Gasteiger partial charge in [0, 0.05) is 47.8 Å². The van der Waals surface area contributed by atoms with E-state index in [0.717, 1.165) is 0 Å². The molecule has 0 radical (unpaired) electrons. The molecule has 4 heterocycles.